The van der Waals surface area contributed by atoms with Gasteiger partial charge >= 0.3 is 5.97 Å². The molecule has 0 bridgehead atoms. The van der Waals surface area contributed by atoms with Crippen LogP contribution >= 0.6 is 11.3 Å². The van der Waals surface area contributed by atoms with Gasteiger partial charge in [-0.15, -0.1) is 11.3 Å². The van der Waals surface area contributed by atoms with Crippen molar-refractivity contribution >= 4 is 17.3 Å². The number of aryl methyl sites for hydroxylation is 1. The van der Waals surface area contributed by atoms with Gasteiger partial charge in [0.15, 0.2) is 18.1 Å². The van der Waals surface area contributed by atoms with Crippen LogP contribution in [0.1, 0.15) is 11.3 Å². The summed E-state index contributed by atoms with van der Waals surface area (Å²) in [4.78, 5) is 16.4. The van der Waals surface area contributed by atoms with Crippen molar-refractivity contribution in [2.24, 2.45) is 0 Å². The van der Waals surface area contributed by atoms with Gasteiger partial charge in [0.25, 0.3) is 0 Å². The predicted octanol–water partition coefficient (Wildman–Crippen LogP) is 4.26. The number of hydrogen-bond acceptors (Lipinski definition) is 7. The van der Waals surface area contributed by atoms with Crippen LogP contribution in [0, 0.1) is 6.92 Å². The Morgan fingerprint density at radius 3 is 2.57 bits per heavy atom. The number of methoxy groups -OCH3 is 2. The van der Waals surface area contributed by atoms with Crippen LogP contribution in [0.5, 0.6) is 17.2 Å². The Kier molecular flexibility index (Phi) is 6.49. The fourth-order valence-corrected chi connectivity index (χ4v) is 3.33. The van der Waals surface area contributed by atoms with E-state index >= 15 is 0 Å². The molecule has 0 saturated heterocycles. The van der Waals surface area contributed by atoms with Gasteiger partial charge in [-0.2, -0.15) is 0 Å². The Bertz CT molecular complexity index is 953. The number of aromatic nitrogens is 1. The molecule has 0 unspecified atom stereocenters. The Morgan fingerprint density at radius 1 is 1.04 bits per heavy atom. The molecule has 1 aromatic heterocycles. The summed E-state index contributed by atoms with van der Waals surface area (Å²) in [5, 5.41) is 2.67. The summed E-state index contributed by atoms with van der Waals surface area (Å²) in [6.45, 7) is 1.88. The highest BCUT2D eigenvalue weighted by molar-refractivity contribution is 7.13. The third-order valence-electron chi connectivity index (χ3n) is 4.00. The lowest BCUT2D eigenvalue weighted by Crippen LogP contribution is -2.15. The highest BCUT2D eigenvalue weighted by Gasteiger charge is 2.11. The summed E-state index contributed by atoms with van der Waals surface area (Å²) < 4.78 is 21.3. The number of carbonyl (C=O) groups is 1. The molecule has 0 spiro atoms. The van der Waals surface area contributed by atoms with Gasteiger partial charge in [-0.05, 0) is 36.8 Å². The van der Waals surface area contributed by atoms with E-state index in [2.05, 4.69) is 4.98 Å². The maximum absolute atomic E-state index is 11.9. The van der Waals surface area contributed by atoms with Crippen molar-refractivity contribution in [3.8, 4) is 27.8 Å². The number of rotatable bonds is 8. The standard InChI is InChI=1S/C21H21NO5S/c1-14-6-4-5-7-17(14)26-12-20(23)27-11-16-13-28-21(22-16)15-8-9-18(24-2)19(10-15)25-3/h4-10,13H,11-12H2,1-3H3. The normalized spacial score (nSPS) is 10.4. The van der Waals surface area contributed by atoms with E-state index in [1.807, 2.05) is 54.8 Å². The zero-order valence-corrected chi connectivity index (χ0v) is 16.7. The number of hydrogen-bond donors (Lipinski definition) is 0. The second-order valence-corrected chi connectivity index (χ2v) is 6.79. The highest BCUT2D eigenvalue weighted by Crippen LogP contribution is 2.33. The SMILES string of the molecule is COc1ccc(-c2nc(COC(=O)COc3ccccc3C)cs2)cc1OC. The summed E-state index contributed by atoms with van der Waals surface area (Å²) in [6.07, 6.45) is 0. The van der Waals surface area contributed by atoms with Gasteiger partial charge in [-0.3, -0.25) is 0 Å². The third-order valence-corrected chi connectivity index (χ3v) is 4.94. The van der Waals surface area contributed by atoms with Crippen LogP contribution in [-0.2, 0) is 16.1 Å². The Morgan fingerprint density at radius 2 is 1.82 bits per heavy atom. The van der Waals surface area contributed by atoms with Crippen LogP contribution < -0.4 is 14.2 Å². The van der Waals surface area contributed by atoms with Gasteiger partial charge in [-0.1, -0.05) is 18.2 Å². The van der Waals surface area contributed by atoms with Gasteiger partial charge in [-0.25, -0.2) is 9.78 Å². The first-order chi connectivity index (χ1) is 13.6. The molecule has 2 aromatic carbocycles. The molecule has 3 rings (SSSR count). The quantitative estimate of drug-likeness (QED) is 0.528. The van der Waals surface area contributed by atoms with E-state index in [1.165, 1.54) is 11.3 Å². The van der Waals surface area contributed by atoms with E-state index in [0.717, 1.165) is 16.1 Å². The minimum atomic E-state index is -0.441. The van der Waals surface area contributed by atoms with Gasteiger partial charge in [0.2, 0.25) is 0 Å². The molecule has 0 fully saturated rings. The van der Waals surface area contributed by atoms with Gasteiger partial charge < -0.3 is 18.9 Å². The maximum Gasteiger partial charge on any atom is 0.344 e. The lowest BCUT2D eigenvalue weighted by atomic mass is 10.2. The molecule has 146 valence electrons. The van der Waals surface area contributed by atoms with E-state index < -0.39 is 5.97 Å². The first kappa shape index (κ1) is 19.7. The fourth-order valence-electron chi connectivity index (χ4n) is 2.53. The number of para-hydroxylation sites is 1. The minimum Gasteiger partial charge on any atom is -0.493 e. The average molecular weight is 399 g/mol. The summed E-state index contributed by atoms with van der Waals surface area (Å²) in [5.74, 6) is 1.52. The van der Waals surface area contributed by atoms with Crippen molar-refractivity contribution in [3.05, 3.63) is 59.1 Å². The topological polar surface area (TPSA) is 66.9 Å². The zero-order chi connectivity index (χ0) is 19.9. The number of esters is 1. The van der Waals surface area contributed by atoms with Crippen molar-refractivity contribution in [1.29, 1.82) is 0 Å². The zero-order valence-electron chi connectivity index (χ0n) is 15.9. The van der Waals surface area contributed by atoms with Crippen molar-refractivity contribution in [1.82, 2.24) is 4.98 Å². The van der Waals surface area contributed by atoms with E-state index in [1.54, 1.807) is 14.2 Å². The highest BCUT2D eigenvalue weighted by atomic mass is 32.1. The molecule has 0 atom stereocenters. The summed E-state index contributed by atoms with van der Waals surface area (Å²) in [7, 11) is 3.18. The summed E-state index contributed by atoms with van der Waals surface area (Å²) >= 11 is 1.47. The molecule has 0 radical (unpaired) electrons. The lowest BCUT2D eigenvalue weighted by molar-refractivity contribution is -0.147. The van der Waals surface area contributed by atoms with E-state index in [9.17, 15) is 4.79 Å². The molecular formula is C21H21NO5S. The number of carbonyl (C=O) groups excluding carboxylic acids is 1. The van der Waals surface area contributed by atoms with Crippen molar-refractivity contribution in [2.75, 3.05) is 20.8 Å². The van der Waals surface area contributed by atoms with Crippen LogP contribution in [-0.4, -0.2) is 31.8 Å². The molecule has 0 amide bonds. The monoisotopic (exact) mass is 399 g/mol. The summed E-state index contributed by atoms with van der Waals surface area (Å²) in [5.41, 5.74) is 2.55. The van der Waals surface area contributed by atoms with E-state index in [-0.39, 0.29) is 13.2 Å². The van der Waals surface area contributed by atoms with Crippen molar-refractivity contribution in [2.45, 2.75) is 13.5 Å². The Hall–Kier alpha value is -3.06. The van der Waals surface area contributed by atoms with Crippen LogP contribution in [0.4, 0.5) is 0 Å². The van der Waals surface area contributed by atoms with Gasteiger partial charge in [0, 0.05) is 10.9 Å². The second-order valence-electron chi connectivity index (χ2n) is 5.93. The van der Waals surface area contributed by atoms with Crippen LogP contribution in [0.2, 0.25) is 0 Å². The van der Waals surface area contributed by atoms with Crippen LogP contribution in [0.25, 0.3) is 10.6 Å². The molecule has 6 nitrogen and oxygen atoms in total. The predicted molar refractivity (Wildman–Crippen MR) is 107 cm³/mol. The summed E-state index contributed by atoms with van der Waals surface area (Å²) in [6, 6.07) is 13.1. The molecule has 1 heterocycles. The molecule has 0 N–H and O–H groups in total. The molecule has 28 heavy (non-hydrogen) atoms. The molecular weight excluding hydrogens is 378 g/mol. The maximum atomic E-state index is 11.9. The fraction of sp³-hybridized carbons (Fsp3) is 0.238. The van der Waals surface area contributed by atoms with Gasteiger partial charge in [0.05, 0.1) is 19.9 Å². The molecule has 0 saturated carbocycles. The van der Waals surface area contributed by atoms with E-state index in [0.29, 0.717) is 22.9 Å². The van der Waals surface area contributed by atoms with E-state index in [4.69, 9.17) is 18.9 Å². The third kappa shape index (κ3) is 4.80. The number of thiazole rings is 1. The molecule has 3 aromatic rings. The largest absolute Gasteiger partial charge is 0.493 e. The number of nitrogens with zero attached hydrogens (tertiary/aromatic N) is 1. The lowest BCUT2D eigenvalue weighted by Gasteiger charge is -2.08. The first-order valence-electron chi connectivity index (χ1n) is 8.61. The van der Waals surface area contributed by atoms with Crippen molar-refractivity contribution < 1.29 is 23.7 Å². The Balaban J connectivity index is 1.56. The van der Waals surface area contributed by atoms with Crippen LogP contribution in [0.3, 0.4) is 0 Å². The molecule has 0 aliphatic carbocycles. The average Bonchev–Trinajstić information content (AvgIpc) is 3.20. The number of ether oxygens (including phenoxy) is 4. The van der Waals surface area contributed by atoms with Gasteiger partial charge in [0.1, 0.15) is 17.4 Å². The Labute approximate surface area is 167 Å². The molecule has 0 aliphatic rings. The second kappa shape index (κ2) is 9.23. The molecule has 7 heteroatoms. The minimum absolute atomic E-state index is 0.0970. The number of benzene rings is 2. The molecule has 0 aliphatic heterocycles. The smallest absolute Gasteiger partial charge is 0.344 e. The van der Waals surface area contributed by atoms with Crippen LogP contribution in [0.15, 0.2) is 47.8 Å². The first-order valence-corrected chi connectivity index (χ1v) is 9.49. The van der Waals surface area contributed by atoms with Crippen molar-refractivity contribution in [3.63, 3.8) is 0 Å².